The van der Waals surface area contributed by atoms with Crippen LogP contribution >= 0.6 is 0 Å². The van der Waals surface area contributed by atoms with Crippen molar-refractivity contribution in [3.8, 4) is 11.5 Å². The highest BCUT2D eigenvalue weighted by Crippen LogP contribution is 2.54. The van der Waals surface area contributed by atoms with Crippen molar-refractivity contribution in [2.75, 3.05) is 0 Å². The lowest BCUT2D eigenvalue weighted by Crippen LogP contribution is -2.45. The zero-order valence-corrected chi connectivity index (χ0v) is 15.6. The highest BCUT2D eigenvalue weighted by molar-refractivity contribution is 5.94. The molecule has 1 aromatic carbocycles. The molecule has 136 valence electrons. The molecule has 3 rings (SSSR count). The molecule has 0 fully saturated rings. The van der Waals surface area contributed by atoms with Crippen molar-refractivity contribution in [3.05, 3.63) is 34.4 Å². The van der Waals surface area contributed by atoms with E-state index in [1.54, 1.807) is 0 Å². The van der Waals surface area contributed by atoms with Crippen LogP contribution in [0.3, 0.4) is 0 Å². The summed E-state index contributed by atoms with van der Waals surface area (Å²) in [5, 5.41) is 20.6. The van der Waals surface area contributed by atoms with Gasteiger partial charge >= 0.3 is 5.97 Å². The van der Waals surface area contributed by atoms with Gasteiger partial charge in [-0.3, -0.25) is 0 Å². The average Bonchev–Trinajstić information content (AvgIpc) is 2.51. The standard InChI is InChI=1S/C21H28O4/c1-5-6-7-13-11-16-18(19(22)17(13)20(23)24)14-10-12(2)8-9-15(14)21(3,4)25-16/h10-11,14-15,22H,5-9H2,1-4H3,(H,23,24)/t14-,15-/m1/s1. The first kappa shape index (κ1) is 17.8. The monoisotopic (exact) mass is 344 g/mol. The fraction of sp³-hybridized carbons (Fsp3) is 0.571. The Morgan fingerprint density at radius 3 is 2.76 bits per heavy atom. The van der Waals surface area contributed by atoms with Crippen molar-refractivity contribution in [2.45, 2.75) is 71.3 Å². The molecule has 4 nitrogen and oxygen atoms in total. The second-order valence-electron chi connectivity index (χ2n) is 7.97. The summed E-state index contributed by atoms with van der Waals surface area (Å²) in [5.74, 6) is -0.286. The summed E-state index contributed by atoms with van der Waals surface area (Å²) in [6.07, 6.45) is 6.67. The van der Waals surface area contributed by atoms with Crippen LogP contribution < -0.4 is 4.74 Å². The number of ether oxygens (including phenoxy) is 1. The summed E-state index contributed by atoms with van der Waals surface area (Å²) >= 11 is 0. The third-order valence-electron chi connectivity index (χ3n) is 5.74. The Morgan fingerprint density at radius 2 is 2.12 bits per heavy atom. The molecule has 2 N–H and O–H groups in total. The first-order valence-electron chi connectivity index (χ1n) is 9.24. The lowest BCUT2D eigenvalue weighted by atomic mass is 9.67. The van der Waals surface area contributed by atoms with Gasteiger partial charge in [0.1, 0.15) is 22.7 Å². The molecule has 0 unspecified atom stereocenters. The van der Waals surface area contributed by atoms with E-state index >= 15 is 0 Å². The second-order valence-corrected chi connectivity index (χ2v) is 7.97. The van der Waals surface area contributed by atoms with Crippen LogP contribution in [0, 0.1) is 5.92 Å². The van der Waals surface area contributed by atoms with Gasteiger partial charge in [0.25, 0.3) is 0 Å². The lowest BCUT2D eigenvalue weighted by Gasteiger charge is -2.46. The van der Waals surface area contributed by atoms with Gasteiger partial charge in [-0.05, 0) is 58.1 Å². The molecule has 0 saturated heterocycles. The summed E-state index contributed by atoms with van der Waals surface area (Å²) in [5.41, 5.74) is 2.31. The maximum absolute atomic E-state index is 11.8. The van der Waals surface area contributed by atoms with E-state index in [0.29, 0.717) is 23.3 Å². The van der Waals surface area contributed by atoms with E-state index in [1.807, 2.05) is 6.07 Å². The summed E-state index contributed by atoms with van der Waals surface area (Å²) < 4.78 is 6.28. The van der Waals surface area contributed by atoms with Crippen LogP contribution in [0.4, 0.5) is 0 Å². The highest BCUT2D eigenvalue weighted by Gasteiger charge is 2.46. The molecular formula is C21H28O4. The normalized spacial score (nSPS) is 23.9. The molecule has 25 heavy (non-hydrogen) atoms. The maximum atomic E-state index is 11.8. The number of aromatic hydroxyl groups is 1. The largest absolute Gasteiger partial charge is 0.507 e. The summed E-state index contributed by atoms with van der Waals surface area (Å²) in [6.45, 7) is 8.35. The smallest absolute Gasteiger partial charge is 0.339 e. The van der Waals surface area contributed by atoms with E-state index in [-0.39, 0.29) is 28.7 Å². The molecule has 4 heteroatoms. The number of aryl methyl sites for hydroxylation is 1. The van der Waals surface area contributed by atoms with Gasteiger partial charge in [-0.2, -0.15) is 0 Å². The first-order valence-corrected chi connectivity index (χ1v) is 9.24. The molecule has 1 aromatic rings. The number of benzene rings is 1. The molecule has 0 amide bonds. The van der Waals surface area contributed by atoms with Gasteiger partial charge in [0.15, 0.2) is 0 Å². The minimum Gasteiger partial charge on any atom is -0.507 e. The fourth-order valence-electron chi connectivity index (χ4n) is 4.41. The van der Waals surface area contributed by atoms with Crippen molar-refractivity contribution in [2.24, 2.45) is 5.92 Å². The molecule has 0 aromatic heterocycles. The Bertz CT molecular complexity index is 730. The molecule has 1 aliphatic carbocycles. The minimum absolute atomic E-state index is 0.00539. The highest BCUT2D eigenvalue weighted by atomic mass is 16.5. The van der Waals surface area contributed by atoms with Crippen LogP contribution in [0.1, 0.15) is 80.8 Å². The van der Waals surface area contributed by atoms with Gasteiger partial charge < -0.3 is 14.9 Å². The van der Waals surface area contributed by atoms with Crippen molar-refractivity contribution in [3.63, 3.8) is 0 Å². The summed E-state index contributed by atoms with van der Waals surface area (Å²) in [4.78, 5) is 11.8. The summed E-state index contributed by atoms with van der Waals surface area (Å²) in [6, 6.07) is 1.85. The Balaban J connectivity index is 2.21. The van der Waals surface area contributed by atoms with Gasteiger partial charge in [-0.15, -0.1) is 0 Å². The Kier molecular flexibility index (Phi) is 4.56. The zero-order chi connectivity index (χ0) is 18.4. The maximum Gasteiger partial charge on any atom is 0.339 e. The zero-order valence-electron chi connectivity index (χ0n) is 15.6. The van der Waals surface area contributed by atoms with Crippen LogP contribution in [-0.4, -0.2) is 21.8 Å². The molecule has 1 aliphatic heterocycles. The Hall–Kier alpha value is -1.97. The molecule has 1 heterocycles. The number of hydrogen-bond donors (Lipinski definition) is 2. The molecular weight excluding hydrogens is 316 g/mol. The topological polar surface area (TPSA) is 66.8 Å². The predicted molar refractivity (Wildman–Crippen MR) is 97.6 cm³/mol. The number of carbonyl (C=O) groups is 1. The molecule has 2 atom stereocenters. The number of hydrogen-bond acceptors (Lipinski definition) is 3. The number of fused-ring (bicyclic) bond motifs is 3. The third kappa shape index (κ3) is 3.03. The Labute approximate surface area is 149 Å². The predicted octanol–water partition coefficient (Wildman–Crippen LogP) is 5.04. The number of carboxylic acid groups (broad SMARTS) is 1. The van der Waals surface area contributed by atoms with Crippen molar-refractivity contribution < 1.29 is 19.7 Å². The lowest BCUT2D eigenvalue weighted by molar-refractivity contribution is 0.0106. The van der Waals surface area contributed by atoms with E-state index in [0.717, 1.165) is 25.7 Å². The van der Waals surface area contributed by atoms with Gasteiger partial charge in [-0.25, -0.2) is 4.79 Å². The average molecular weight is 344 g/mol. The van der Waals surface area contributed by atoms with Crippen LogP contribution in [0.2, 0.25) is 0 Å². The van der Waals surface area contributed by atoms with E-state index in [4.69, 9.17) is 4.74 Å². The van der Waals surface area contributed by atoms with Crippen molar-refractivity contribution in [1.29, 1.82) is 0 Å². The quantitative estimate of drug-likeness (QED) is 0.751. The van der Waals surface area contributed by atoms with Gasteiger partial charge in [-0.1, -0.05) is 25.0 Å². The molecule has 2 aliphatic rings. The van der Waals surface area contributed by atoms with Gasteiger partial charge in [0, 0.05) is 17.4 Å². The van der Waals surface area contributed by atoms with E-state index in [9.17, 15) is 15.0 Å². The Morgan fingerprint density at radius 1 is 1.40 bits per heavy atom. The first-order chi connectivity index (χ1) is 11.8. The summed E-state index contributed by atoms with van der Waals surface area (Å²) in [7, 11) is 0. The van der Waals surface area contributed by atoms with Crippen LogP contribution in [0.5, 0.6) is 11.5 Å². The van der Waals surface area contributed by atoms with Gasteiger partial charge in [0.2, 0.25) is 0 Å². The SMILES string of the molecule is CCCCc1cc2c(c(O)c1C(=O)O)[C@@H]1C=C(C)CC[C@H]1C(C)(C)O2. The van der Waals surface area contributed by atoms with Gasteiger partial charge in [0.05, 0.1) is 0 Å². The second kappa shape index (κ2) is 6.40. The minimum atomic E-state index is -1.07. The molecule has 0 radical (unpaired) electrons. The number of aromatic carboxylic acids is 1. The molecule has 0 saturated carbocycles. The number of allylic oxidation sites excluding steroid dienone is 2. The van der Waals surface area contributed by atoms with E-state index in [2.05, 4.69) is 33.8 Å². The van der Waals surface area contributed by atoms with E-state index < -0.39 is 5.97 Å². The van der Waals surface area contributed by atoms with Crippen LogP contribution in [0.25, 0.3) is 0 Å². The third-order valence-corrected chi connectivity index (χ3v) is 5.74. The number of carboxylic acids is 1. The molecule has 0 bridgehead atoms. The van der Waals surface area contributed by atoms with E-state index in [1.165, 1.54) is 5.57 Å². The van der Waals surface area contributed by atoms with Crippen LogP contribution in [0.15, 0.2) is 17.7 Å². The van der Waals surface area contributed by atoms with Crippen molar-refractivity contribution >= 4 is 5.97 Å². The fourth-order valence-corrected chi connectivity index (χ4v) is 4.41. The number of phenols is 1. The van der Waals surface area contributed by atoms with Crippen LogP contribution in [-0.2, 0) is 6.42 Å². The number of unbranched alkanes of at least 4 members (excludes halogenated alkanes) is 1. The number of rotatable bonds is 4. The van der Waals surface area contributed by atoms with Crippen molar-refractivity contribution in [1.82, 2.24) is 0 Å². The molecule has 0 spiro atoms.